The summed E-state index contributed by atoms with van der Waals surface area (Å²) < 4.78 is 0. The first-order chi connectivity index (χ1) is 9.49. The van der Waals surface area contributed by atoms with Crippen LogP contribution in [0.25, 0.3) is 6.08 Å². The van der Waals surface area contributed by atoms with Crippen LogP contribution in [0.15, 0.2) is 18.2 Å². The van der Waals surface area contributed by atoms with Crippen molar-refractivity contribution in [2.45, 2.75) is 46.5 Å². The summed E-state index contributed by atoms with van der Waals surface area (Å²) in [5.74, 6) is 0.685. The molecule has 2 heteroatoms. The second-order valence-corrected chi connectivity index (χ2v) is 6.09. The van der Waals surface area contributed by atoms with Crippen molar-refractivity contribution in [2.75, 3.05) is 13.1 Å². The number of benzene rings is 1. The lowest BCUT2D eigenvalue weighted by Crippen LogP contribution is -2.25. The van der Waals surface area contributed by atoms with Crippen molar-refractivity contribution in [1.82, 2.24) is 4.90 Å². The van der Waals surface area contributed by atoms with Gasteiger partial charge in [0.1, 0.15) is 0 Å². The van der Waals surface area contributed by atoms with E-state index in [1.807, 2.05) is 11.0 Å². The number of carbonyl (C=O) groups is 1. The molecule has 0 bridgehead atoms. The molecule has 1 aliphatic heterocycles. The Balaban J connectivity index is 2.15. The first-order valence-electron chi connectivity index (χ1n) is 7.57. The average molecular weight is 271 g/mol. The zero-order chi connectivity index (χ0) is 14.7. The van der Waals surface area contributed by atoms with E-state index in [1.165, 1.54) is 16.7 Å². The molecule has 0 N–H and O–H groups in total. The first kappa shape index (κ1) is 14.8. The number of hydrogen-bond donors (Lipinski definition) is 0. The molecule has 108 valence electrons. The maximum Gasteiger partial charge on any atom is 0.246 e. The second-order valence-electron chi connectivity index (χ2n) is 6.09. The molecule has 0 saturated carbocycles. The average Bonchev–Trinajstić information content (AvgIpc) is 2.88. The van der Waals surface area contributed by atoms with Crippen LogP contribution < -0.4 is 0 Å². The minimum Gasteiger partial charge on any atom is -0.339 e. The summed E-state index contributed by atoms with van der Waals surface area (Å²) in [6, 6.07) is 4.35. The van der Waals surface area contributed by atoms with Crippen LogP contribution in [0.4, 0.5) is 0 Å². The van der Waals surface area contributed by atoms with E-state index < -0.39 is 0 Å². The standard InChI is InChI=1S/C18H25NO/c1-13(2)18-14(3)11-16(12-15(18)4)7-8-17(20)19-9-5-6-10-19/h7-8,11-13H,5-6,9-10H2,1-4H3/b8-7+. The van der Waals surface area contributed by atoms with Gasteiger partial charge in [-0.15, -0.1) is 0 Å². The largest absolute Gasteiger partial charge is 0.339 e. The lowest BCUT2D eigenvalue weighted by molar-refractivity contribution is -0.124. The van der Waals surface area contributed by atoms with Crippen LogP contribution in [0.1, 0.15) is 54.9 Å². The third-order valence-corrected chi connectivity index (χ3v) is 4.03. The second kappa shape index (κ2) is 6.25. The van der Waals surface area contributed by atoms with Gasteiger partial charge in [0.2, 0.25) is 5.91 Å². The van der Waals surface area contributed by atoms with E-state index in [0.29, 0.717) is 5.92 Å². The van der Waals surface area contributed by atoms with Crippen molar-refractivity contribution in [3.05, 3.63) is 40.5 Å². The predicted octanol–water partition coefficient (Wildman–Crippen LogP) is 4.06. The van der Waals surface area contributed by atoms with E-state index in [-0.39, 0.29) is 5.91 Å². The summed E-state index contributed by atoms with van der Waals surface area (Å²) in [7, 11) is 0. The van der Waals surface area contributed by atoms with Crippen LogP contribution >= 0.6 is 0 Å². The fourth-order valence-corrected chi connectivity index (χ4v) is 3.23. The highest BCUT2D eigenvalue weighted by Crippen LogP contribution is 2.25. The van der Waals surface area contributed by atoms with Gasteiger partial charge in [0.15, 0.2) is 0 Å². The Labute approximate surface area is 122 Å². The van der Waals surface area contributed by atoms with Crippen molar-refractivity contribution < 1.29 is 4.79 Å². The normalized spacial score (nSPS) is 15.6. The molecular formula is C18H25NO. The molecule has 0 unspecified atom stereocenters. The molecular weight excluding hydrogens is 246 g/mol. The molecule has 0 atom stereocenters. The molecule has 0 aliphatic carbocycles. The topological polar surface area (TPSA) is 20.3 Å². The monoisotopic (exact) mass is 271 g/mol. The van der Waals surface area contributed by atoms with E-state index in [4.69, 9.17) is 0 Å². The van der Waals surface area contributed by atoms with Gasteiger partial charge in [-0.1, -0.05) is 26.0 Å². The molecule has 1 saturated heterocycles. The van der Waals surface area contributed by atoms with Crippen molar-refractivity contribution in [1.29, 1.82) is 0 Å². The summed E-state index contributed by atoms with van der Waals surface area (Å²) in [4.78, 5) is 13.9. The Bertz CT molecular complexity index is 499. The van der Waals surface area contributed by atoms with Crippen molar-refractivity contribution in [3.8, 4) is 0 Å². The molecule has 1 aromatic rings. The van der Waals surface area contributed by atoms with E-state index in [0.717, 1.165) is 31.5 Å². The van der Waals surface area contributed by atoms with Crippen LogP contribution in [0, 0.1) is 13.8 Å². The Morgan fingerprint density at radius 2 is 1.70 bits per heavy atom. The number of rotatable bonds is 3. The number of nitrogens with zero attached hydrogens (tertiary/aromatic N) is 1. The third kappa shape index (κ3) is 3.30. The zero-order valence-corrected chi connectivity index (χ0v) is 13.1. The maximum absolute atomic E-state index is 12.0. The smallest absolute Gasteiger partial charge is 0.246 e. The Morgan fingerprint density at radius 3 is 2.20 bits per heavy atom. The van der Waals surface area contributed by atoms with Crippen molar-refractivity contribution in [2.24, 2.45) is 0 Å². The van der Waals surface area contributed by atoms with Crippen LogP contribution in [0.3, 0.4) is 0 Å². The van der Waals surface area contributed by atoms with Gasteiger partial charge >= 0.3 is 0 Å². The van der Waals surface area contributed by atoms with Crippen LogP contribution in [-0.4, -0.2) is 23.9 Å². The molecule has 20 heavy (non-hydrogen) atoms. The highest BCUT2D eigenvalue weighted by molar-refractivity contribution is 5.92. The maximum atomic E-state index is 12.0. The minimum absolute atomic E-state index is 0.144. The van der Waals surface area contributed by atoms with Gasteiger partial charge < -0.3 is 4.90 Å². The first-order valence-corrected chi connectivity index (χ1v) is 7.57. The lowest BCUT2D eigenvalue weighted by atomic mass is 9.91. The van der Waals surface area contributed by atoms with E-state index in [1.54, 1.807) is 6.08 Å². The van der Waals surface area contributed by atoms with Crippen molar-refractivity contribution >= 4 is 12.0 Å². The number of amides is 1. The molecule has 1 fully saturated rings. The van der Waals surface area contributed by atoms with Crippen molar-refractivity contribution in [3.63, 3.8) is 0 Å². The molecule has 1 heterocycles. The Morgan fingerprint density at radius 1 is 1.15 bits per heavy atom. The van der Waals surface area contributed by atoms with Crippen LogP contribution in [-0.2, 0) is 4.79 Å². The third-order valence-electron chi connectivity index (χ3n) is 4.03. The van der Waals surface area contributed by atoms with Gasteiger partial charge in [-0.3, -0.25) is 4.79 Å². The molecule has 0 radical (unpaired) electrons. The molecule has 2 nitrogen and oxygen atoms in total. The molecule has 2 rings (SSSR count). The quantitative estimate of drug-likeness (QED) is 0.759. The number of hydrogen-bond acceptors (Lipinski definition) is 1. The molecule has 0 aromatic heterocycles. The molecule has 0 spiro atoms. The minimum atomic E-state index is 0.144. The number of carbonyl (C=O) groups excluding carboxylic acids is 1. The zero-order valence-electron chi connectivity index (χ0n) is 13.1. The van der Waals surface area contributed by atoms with Gasteiger partial charge in [-0.25, -0.2) is 0 Å². The molecule has 1 amide bonds. The van der Waals surface area contributed by atoms with E-state index in [2.05, 4.69) is 39.8 Å². The fourth-order valence-electron chi connectivity index (χ4n) is 3.23. The van der Waals surface area contributed by atoms with Gasteiger partial charge in [0, 0.05) is 19.2 Å². The van der Waals surface area contributed by atoms with Gasteiger partial charge in [-0.2, -0.15) is 0 Å². The van der Waals surface area contributed by atoms with Gasteiger partial charge in [0.05, 0.1) is 0 Å². The molecule has 1 aliphatic rings. The highest BCUT2D eigenvalue weighted by atomic mass is 16.2. The summed E-state index contributed by atoms with van der Waals surface area (Å²) in [5.41, 5.74) is 5.17. The fraction of sp³-hybridized carbons (Fsp3) is 0.500. The van der Waals surface area contributed by atoms with Gasteiger partial charge in [0.25, 0.3) is 0 Å². The number of aryl methyl sites for hydroxylation is 2. The SMILES string of the molecule is Cc1cc(/C=C/C(=O)N2CCCC2)cc(C)c1C(C)C. The highest BCUT2D eigenvalue weighted by Gasteiger charge is 2.15. The predicted molar refractivity (Wildman–Crippen MR) is 84.9 cm³/mol. The summed E-state index contributed by atoms with van der Waals surface area (Å²) in [6.45, 7) is 10.6. The lowest BCUT2D eigenvalue weighted by Gasteiger charge is -2.15. The van der Waals surface area contributed by atoms with E-state index >= 15 is 0 Å². The summed E-state index contributed by atoms with van der Waals surface area (Å²) in [6.07, 6.45) is 5.95. The van der Waals surface area contributed by atoms with Gasteiger partial charge in [-0.05, 0) is 60.9 Å². The Hall–Kier alpha value is -1.57. The number of likely N-dealkylation sites (tertiary alicyclic amines) is 1. The molecule has 1 aromatic carbocycles. The summed E-state index contributed by atoms with van der Waals surface area (Å²) in [5, 5.41) is 0. The Kier molecular flexibility index (Phi) is 4.64. The van der Waals surface area contributed by atoms with Crippen LogP contribution in [0.2, 0.25) is 0 Å². The summed E-state index contributed by atoms with van der Waals surface area (Å²) >= 11 is 0. The van der Waals surface area contributed by atoms with E-state index in [9.17, 15) is 4.79 Å². The van der Waals surface area contributed by atoms with Crippen LogP contribution in [0.5, 0.6) is 0 Å².